The highest BCUT2D eigenvalue weighted by atomic mass is 35.5. The molecule has 1 aromatic heterocycles. The SMILES string of the molecule is CC(=O)Oc1cn(C)c2c(Cl)ccc(Cl)c12. The minimum atomic E-state index is -0.386. The fourth-order valence-corrected chi connectivity index (χ4v) is 2.19. The number of fused-ring (bicyclic) bond motifs is 1. The first-order valence-corrected chi connectivity index (χ1v) is 5.37. The summed E-state index contributed by atoms with van der Waals surface area (Å²) in [5.74, 6) is 0.0426. The first-order valence-electron chi connectivity index (χ1n) is 4.62. The maximum Gasteiger partial charge on any atom is 0.308 e. The summed E-state index contributed by atoms with van der Waals surface area (Å²) in [5.41, 5.74) is 0.755. The Kier molecular flexibility index (Phi) is 2.82. The number of benzene rings is 1. The van der Waals surface area contributed by atoms with Gasteiger partial charge in [-0.1, -0.05) is 23.2 Å². The van der Waals surface area contributed by atoms with Gasteiger partial charge in [-0.05, 0) is 12.1 Å². The average molecular weight is 258 g/mol. The highest BCUT2D eigenvalue weighted by Crippen LogP contribution is 2.37. The third-order valence-electron chi connectivity index (χ3n) is 2.24. The molecule has 0 radical (unpaired) electrons. The Morgan fingerprint density at radius 1 is 1.31 bits per heavy atom. The van der Waals surface area contributed by atoms with Gasteiger partial charge in [0.1, 0.15) is 0 Å². The van der Waals surface area contributed by atoms with E-state index >= 15 is 0 Å². The van der Waals surface area contributed by atoms with Crippen LogP contribution in [0, 0.1) is 0 Å². The summed E-state index contributed by atoms with van der Waals surface area (Å²) in [4.78, 5) is 11.0. The predicted octanol–water partition coefficient (Wildman–Crippen LogP) is 3.41. The zero-order chi connectivity index (χ0) is 11.9. The van der Waals surface area contributed by atoms with Gasteiger partial charge in [-0.3, -0.25) is 4.79 Å². The van der Waals surface area contributed by atoms with Gasteiger partial charge in [0.2, 0.25) is 0 Å². The van der Waals surface area contributed by atoms with Crippen LogP contribution in [0.15, 0.2) is 18.3 Å². The second-order valence-corrected chi connectivity index (χ2v) is 4.27. The number of esters is 1. The topological polar surface area (TPSA) is 31.2 Å². The molecule has 0 spiro atoms. The molecule has 0 amide bonds. The smallest absolute Gasteiger partial charge is 0.308 e. The van der Waals surface area contributed by atoms with Crippen molar-refractivity contribution in [3.05, 3.63) is 28.4 Å². The molecule has 0 aliphatic carbocycles. The molecule has 5 heteroatoms. The largest absolute Gasteiger partial charge is 0.424 e. The minimum absolute atomic E-state index is 0.386. The van der Waals surface area contributed by atoms with Gasteiger partial charge in [0.05, 0.1) is 20.9 Å². The minimum Gasteiger partial charge on any atom is -0.424 e. The normalized spacial score (nSPS) is 10.8. The molecule has 2 aromatic rings. The average Bonchev–Trinajstić information content (AvgIpc) is 2.49. The summed E-state index contributed by atoms with van der Waals surface area (Å²) in [6.07, 6.45) is 1.68. The summed E-state index contributed by atoms with van der Waals surface area (Å²) in [6.45, 7) is 1.34. The first kappa shape index (κ1) is 11.3. The number of carbonyl (C=O) groups is 1. The maximum atomic E-state index is 11.0. The molecule has 0 atom stereocenters. The van der Waals surface area contributed by atoms with Crippen LogP contribution in [0.3, 0.4) is 0 Å². The van der Waals surface area contributed by atoms with Crippen molar-refractivity contribution in [2.45, 2.75) is 6.92 Å². The number of hydrogen-bond donors (Lipinski definition) is 0. The number of carbonyl (C=O) groups excluding carboxylic acids is 1. The van der Waals surface area contributed by atoms with Gasteiger partial charge < -0.3 is 9.30 Å². The van der Waals surface area contributed by atoms with Gasteiger partial charge >= 0.3 is 5.97 Å². The van der Waals surface area contributed by atoms with E-state index in [-0.39, 0.29) is 5.97 Å². The number of aromatic nitrogens is 1. The quantitative estimate of drug-likeness (QED) is 0.734. The lowest BCUT2D eigenvalue weighted by Gasteiger charge is -2.01. The molecule has 2 rings (SSSR count). The monoisotopic (exact) mass is 257 g/mol. The van der Waals surface area contributed by atoms with E-state index in [0.717, 1.165) is 5.52 Å². The second-order valence-electron chi connectivity index (χ2n) is 3.45. The Labute approximate surface area is 103 Å². The van der Waals surface area contributed by atoms with Crippen LogP contribution in [0.25, 0.3) is 10.9 Å². The fraction of sp³-hybridized carbons (Fsp3) is 0.182. The second kappa shape index (κ2) is 4.00. The van der Waals surface area contributed by atoms with Gasteiger partial charge in [0.25, 0.3) is 0 Å². The number of ether oxygens (including phenoxy) is 1. The maximum absolute atomic E-state index is 11.0. The highest BCUT2D eigenvalue weighted by Gasteiger charge is 2.15. The Bertz CT molecular complexity index is 575. The molecule has 0 bridgehead atoms. The van der Waals surface area contributed by atoms with Crippen molar-refractivity contribution in [2.24, 2.45) is 7.05 Å². The molecular weight excluding hydrogens is 249 g/mol. The van der Waals surface area contributed by atoms with E-state index in [0.29, 0.717) is 21.2 Å². The Morgan fingerprint density at radius 3 is 2.56 bits per heavy atom. The van der Waals surface area contributed by atoms with Crippen LogP contribution < -0.4 is 4.74 Å². The summed E-state index contributed by atoms with van der Waals surface area (Å²) in [6, 6.07) is 3.39. The van der Waals surface area contributed by atoms with E-state index in [1.54, 1.807) is 22.9 Å². The molecule has 0 unspecified atom stereocenters. The standard InChI is InChI=1S/C11H9Cl2NO2/c1-6(15)16-9-5-14(2)11-8(13)4-3-7(12)10(9)11/h3-5H,1-2H3. The van der Waals surface area contributed by atoms with Gasteiger partial charge in [-0.15, -0.1) is 0 Å². The highest BCUT2D eigenvalue weighted by molar-refractivity contribution is 6.40. The molecule has 84 valence electrons. The molecule has 16 heavy (non-hydrogen) atoms. The van der Waals surface area contributed by atoms with E-state index in [2.05, 4.69) is 0 Å². The number of nitrogens with zero attached hydrogens (tertiary/aromatic N) is 1. The predicted molar refractivity (Wildman–Crippen MR) is 64.2 cm³/mol. The van der Waals surface area contributed by atoms with Gasteiger partial charge in [-0.25, -0.2) is 0 Å². The Hall–Kier alpha value is -1.19. The van der Waals surface area contributed by atoms with Crippen LogP contribution in [0.1, 0.15) is 6.92 Å². The molecular formula is C11H9Cl2NO2. The zero-order valence-corrected chi connectivity index (χ0v) is 10.3. The Morgan fingerprint density at radius 2 is 1.94 bits per heavy atom. The van der Waals surface area contributed by atoms with E-state index < -0.39 is 0 Å². The summed E-state index contributed by atoms with van der Waals surface area (Å²) in [5, 5.41) is 1.74. The third-order valence-corrected chi connectivity index (χ3v) is 2.86. The molecule has 0 saturated carbocycles. The van der Waals surface area contributed by atoms with Crippen LogP contribution in [0.5, 0.6) is 5.75 Å². The van der Waals surface area contributed by atoms with Crippen molar-refractivity contribution >= 4 is 40.1 Å². The molecule has 0 aliphatic heterocycles. The lowest BCUT2D eigenvalue weighted by molar-refractivity contribution is -0.131. The van der Waals surface area contributed by atoms with Crippen LogP contribution in [-0.4, -0.2) is 10.5 Å². The van der Waals surface area contributed by atoms with E-state index in [4.69, 9.17) is 27.9 Å². The number of halogens is 2. The molecule has 0 saturated heterocycles. The summed E-state index contributed by atoms with van der Waals surface area (Å²) >= 11 is 12.1. The van der Waals surface area contributed by atoms with Crippen molar-refractivity contribution in [1.29, 1.82) is 0 Å². The number of aryl methyl sites for hydroxylation is 1. The molecule has 0 fully saturated rings. The van der Waals surface area contributed by atoms with Crippen LogP contribution in [-0.2, 0) is 11.8 Å². The molecule has 0 N–H and O–H groups in total. The fourth-order valence-electron chi connectivity index (χ4n) is 1.66. The Balaban J connectivity index is 2.77. The van der Waals surface area contributed by atoms with Crippen molar-refractivity contribution < 1.29 is 9.53 Å². The van der Waals surface area contributed by atoms with Crippen LogP contribution in [0.2, 0.25) is 10.0 Å². The van der Waals surface area contributed by atoms with Gasteiger partial charge in [0.15, 0.2) is 5.75 Å². The molecule has 3 nitrogen and oxygen atoms in total. The lowest BCUT2D eigenvalue weighted by atomic mass is 10.2. The summed E-state index contributed by atoms with van der Waals surface area (Å²) in [7, 11) is 1.82. The number of hydrogen-bond acceptors (Lipinski definition) is 2. The molecule has 0 aliphatic rings. The lowest BCUT2D eigenvalue weighted by Crippen LogP contribution is -2.00. The van der Waals surface area contributed by atoms with Crippen LogP contribution in [0.4, 0.5) is 0 Å². The van der Waals surface area contributed by atoms with E-state index in [1.165, 1.54) is 6.92 Å². The zero-order valence-electron chi connectivity index (χ0n) is 8.75. The number of rotatable bonds is 1. The van der Waals surface area contributed by atoms with E-state index in [1.807, 2.05) is 7.05 Å². The van der Waals surface area contributed by atoms with Crippen molar-refractivity contribution in [1.82, 2.24) is 4.57 Å². The molecule has 1 heterocycles. The van der Waals surface area contributed by atoms with E-state index in [9.17, 15) is 4.79 Å². The third kappa shape index (κ3) is 1.77. The van der Waals surface area contributed by atoms with Crippen LogP contribution >= 0.6 is 23.2 Å². The summed E-state index contributed by atoms with van der Waals surface area (Å²) < 4.78 is 6.86. The van der Waals surface area contributed by atoms with Crippen molar-refractivity contribution in [3.63, 3.8) is 0 Å². The molecule has 1 aromatic carbocycles. The van der Waals surface area contributed by atoms with Gasteiger partial charge in [-0.2, -0.15) is 0 Å². The van der Waals surface area contributed by atoms with Crippen molar-refractivity contribution in [2.75, 3.05) is 0 Å². The van der Waals surface area contributed by atoms with Crippen molar-refractivity contribution in [3.8, 4) is 5.75 Å². The first-order chi connectivity index (χ1) is 7.50. The van der Waals surface area contributed by atoms with Gasteiger partial charge in [0, 0.05) is 20.2 Å².